The van der Waals surface area contributed by atoms with Crippen LogP contribution in [-0.4, -0.2) is 63.2 Å². The number of hydrogen-bond donors (Lipinski definition) is 3. The van der Waals surface area contributed by atoms with Gasteiger partial charge in [-0.05, 0) is 50.7 Å². The number of nitrogens with one attached hydrogen (secondary N) is 1. The number of urea groups is 1. The molecule has 11 heteroatoms. The number of piperidine rings is 2. The van der Waals surface area contributed by atoms with E-state index in [2.05, 4.69) is 30.4 Å². The summed E-state index contributed by atoms with van der Waals surface area (Å²) in [5.41, 5.74) is 12.1. The number of pyridine rings is 1. The highest BCUT2D eigenvalue weighted by atomic mass is 16.2. The van der Waals surface area contributed by atoms with Crippen LogP contribution in [0.15, 0.2) is 36.5 Å². The van der Waals surface area contributed by atoms with Crippen molar-refractivity contribution >= 4 is 40.3 Å². The Morgan fingerprint density at radius 1 is 0.892 bits per heavy atom. The summed E-state index contributed by atoms with van der Waals surface area (Å²) in [5, 5.41) is 12.2. The van der Waals surface area contributed by atoms with E-state index < -0.39 is 5.91 Å². The molecule has 37 heavy (non-hydrogen) atoms. The molecule has 198 valence electrons. The van der Waals surface area contributed by atoms with E-state index in [1.54, 1.807) is 11.1 Å². The van der Waals surface area contributed by atoms with Gasteiger partial charge < -0.3 is 26.6 Å². The highest BCUT2D eigenvalue weighted by Gasteiger charge is 2.19. The van der Waals surface area contributed by atoms with Crippen molar-refractivity contribution in [1.29, 1.82) is 0 Å². The molecule has 2 saturated heterocycles. The van der Waals surface area contributed by atoms with Crippen LogP contribution in [0.3, 0.4) is 0 Å². The maximum Gasteiger partial charge on any atom is 0.314 e. The summed E-state index contributed by atoms with van der Waals surface area (Å²) in [4.78, 5) is 34.9. The number of carbonyl (C=O) groups excluding carboxylic acids is 2. The maximum atomic E-state index is 11.7. The van der Waals surface area contributed by atoms with Crippen LogP contribution in [0.4, 0.5) is 22.2 Å². The molecular formula is C26H37N9O2. The first-order chi connectivity index (χ1) is 18.0. The Balaban J connectivity index is 0.000000291. The third-order valence-electron chi connectivity index (χ3n) is 6.07. The van der Waals surface area contributed by atoms with Gasteiger partial charge in [0, 0.05) is 31.6 Å². The fourth-order valence-electron chi connectivity index (χ4n) is 4.19. The molecule has 0 saturated carbocycles. The third-order valence-corrected chi connectivity index (χ3v) is 6.07. The molecule has 2 aliphatic rings. The molecule has 4 heterocycles. The first-order valence-corrected chi connectivity index (χ1v) is 13.0. The Labute approximate surface area is 217 Å². The minimum absolute atomic E-state index is 0.0129. The number of nitrogens with two attached hydrogens (primary N) is 2. The summed E-state index contributed by atoms with van der Waals surface area (Å²) >= 11 is 0. The SMILES string of the molecule is CC.NC(=O)N1CCCCC1.NC(=O)c1nnc(N2CCCCC2)nc1Nc1cnc2ccccc2c1. The number of aromatic nitrogens is 4. The molecule has 0 bridgehead atoms. The number of anilines is 3. The van der Waals surface area contributed by atoms with Crippen molar-refractivity contribution in [3.05, 3.63) is 42.2 Å². The van der Waals surface area contributed by atoms with Crippen molar-refractivity contribution in [1.82, 2.24) is 25.1 Å². The number of likely N-dealkylation sites (tertiary alicyclic amines) is 1. The Kier molecular flexibility index (Phi) is 10.4. The third kappa shape index (κ3) is 7.73. The lowest BCUT2D eigenvalue weighted by Gasteiger charge is -2.26. The van der Waals surface area contributed by atoms with E-state index in [0.29, 0.717) is 17.5 Å². The highest BCUT2D eigenvalue weighted by molar-refractivity contribution is 5.96. The van der Waals surface area contributed by atoms with Gasteiger partial charge in [-0.1, -0.05) is 32.0 Å². The molecule has 0 radical (unpaired) electrons. The van der Waals surface area contributed by atoms with Gasteiger partial charge in [0.15, 0.2) is 11.5 Å². The molecule has 5 rings (SSSR count). The van der Waals surface area contributed by atoms with E-state index in [1.165, 1.54) is 12.8 Å². The van der Waals surface area contributed by atoms with Crippen LogP contribution < -0.4 is 21.7 Å². The molecule has 2 aromatic heterocycles. The number of rotatable bonds is 4. The van der Waals surface area contributed by atoms with Crippen molar-refractivity contribution in [3.8, 4) is 0 Å². The Morgan fingerprint density at radius 3 is 2.16 bits per heavy atom. The van der Waals surface area contributed by atoms with E-state index in [9.17, 15) is 9.59 Å². The molecule has 0 unspecified atom stereocenters. The zero-order valence-electron chi connectivity index (χ0n) is 21.7. The molecule has 2 fully saturated rings. The number of carbonyl (C=O) groups is 2. The van der Waals surface area contributed by atoms with Gasteiger partial charge in [-0.15, -0.1) is 10.2 Å². The van der Waals surface area contributed by atoms with E-state index in [1.807, 2.05) is 44.2 Å². The number of amides is 3. The molecule has 0 atom stereocenters. The van der Waals surface area contributed by atoms with Gasteiger partial charge in [0.2, 0.25) is 5.95 Å². The lowest BCUT2D eigenvalue weighted by Crippen LogP contribution is -2.39. The molecule has 0 spiro atoms. The molecule has 5 N–H and O–H groups in total. The molecule has 3 amide bonds. The van der Waals surface area contributed by atoms with Gasteiger partial charge in [0.05, 0.1) is 17.4 Å². The van der Waals surface area contributed by atoms with E-state index in [0.717, 1.165) is 62.8 Å². The van der Waals surface area contributed by atoms with Crippen LogP contribution in [0.5, 0.6) is 0 Å². The zero-order valence-corrected chi connectivity index (χ0v) is 21.7. The van der Waals surface area contributed by atoms with Gasteiger partial charge in [-0.2, -0.15) is 4.98 Å². The Hall–Kier alpha value is -4.02. The smallest absolute Gasteiger partial charge is 0.314 e. The predicted octanol–water partition coefficient (Wildman–Crippen LogP) is 3.83. The Bertz CT molecular complexity index is 1180. The highest BCUT2D eigenvalue weighted by Crippen LogP contribution is 2.23. The molecule has 1 aromatic carbocycles. The topological polar surface area (TPSA) is 156 Å². The summed E-state index contributed by atoms with van der Waals surface area (Å²) in [5.74, 6) is 0.127. The van der Waals surface area contributed by atoms with Crippen LogP contribution in [0.2, 0.25) is 0 Å². The fraction of sp³-hybridized carbons (Fsp3) is 0.462. The van der Waals surface area contributed by atoms with Crippen LogP contribution in [0, 0.1) is 0 Å². The summed E-state index contributed by atoms with van der Waals surface area (Å²) < 4.78 is 0. The predicted molar refractivity (Wildman–Crippen MR) is 146 cm³/mol. The maximum absolute atomic E-state index is 11.7. The number of fused-ring (bicyclic) bond motifs is 1. The monoisotopic (exact) mass is 507 g/mol. The second-order valence-corrected chi connectivity index (χ2v) is 8.65. The average molecular weight is 508 g/mol. The Morgan fingerprint density at radius 2 is 1.54 bits per heavy atom. The van der Waals surface area contributed by atoms with Gasteiger partial charge in [0.1, 0.15) is 0 Å². The van der Waals surface area contributed by atoms with Gasteiger partial charge in [-0.25, -0.2) is 4.79 Å². The first kappa shape index (κ1) is 27.6. The van der Waals surface area contributed by atoms with E-state index >= 15 is 0 Å². The van der Waals surface area contributed by atoms with Crippen molar-refractivity contribution in [2.24, 2.45) is 11.5 Å². The molecule has 11 nitrogen and oxygen atoms in total. The molecular weight excluding hydrogens is 470 g/mol. The fourth-order valence-corrected chi connectivity index (χ4v) is 4.19. The van der Waals surface area contributed by atoms with Crippen LogP contribution in [0.1, 0.15) is 62.9 Å². The normalized spacial score (nSPS) is 15.1. The first-order valence-electron chi connectivity index (χ1n) is 13.0. The minimum Gasteiger partial charge on any atom is -0.364 e. The second kappa shape index (κ2) is 13.9. The van der Waals surface area contributed by atoms with Crippen molar-refractivity contribution in [2.45, 2.75) is 52.4 Å². The summed E-state index contributed by atoms with van der Waals surface area (Å²) in [6.45, 7) is 7.48. The van der Waals surface area contributed by atoms with Crippen molar-refractivity contribution < 1.29 is 9.59 Å². The number of para-hydroxylation sites is 1. The van der Waals surface area contributed by atoms with Crippen LogP contribution in [-0.2, 0) is 0 Å². The van der Waals surface area contributed by atoms with Crippen LogP contribution >= 0.6 is 0 Å². The van der Waals surface area contributed by atoms with Crippen LogP contribution in [0.25, 0.3) is 10.9 Å². The summed E-state index contributed by atoms with van der Waals surface area (Å²) in [7, 11) is 0. The summed E-state index contributed by atoms with van der Waals surface area (Å²) in [6.07, 6.45) is 8.55. The largest absolute Gasteiger partial charge is 0.364 e. The standard InChI is InChI=1S/C18H19N7O.C6H12N2O.C2H6/c19-16(26)15-17(22-18(24-23-15)25-8-4-1-5-9-25)21-13-10-12-6-2-3-7-14(12)20-11-13;7-6(9)8-4-2-1-3-5-8;1-2/h2-3,6-7,10-11H,1,4-5,8-9H2,(H2,19,26)(H,21,22,24);1-5H2,(H2,7,9);1-2H3. The number of hydrogen-bond acceptors (Lipinski definition) is 8. The van der Waals surface area contributed by atoms with Crippen molar-refractivity contribution in [3.63, 3.8) is 0 Å². The van der Waals surface area contributed by atoms with E-state index in [-0.39, 0.29) is 11.7 Å². The average Bonchev–Trinajstić information content (AvgIpc) is 2.95. The minimum atomic E-state index is -0.675. The lowest BCUT2D eigenvalue weighted by atomic mass is 10.1. The molecule has 2 aliphatic heterocycles. The van der Waals surface area contributed by atoms with Crippen molar-refractivity contribution in [2.75, 3.05) is 36.4 Å². The second-order valence-electron chi connectivity index (χ2n) is 8.65. The molecule has 3 aromatic rings. The quantitative estimate of drug-likeness (QED) is 0.481. The van der Waals surface area contributed by atoms with Gasteiger partial charge >= 0.3 is 6.03 Å². The lowest BCUT2D eigenvalue weighted by molar-refractivity contribution is 0.0995. The summed E-state index contributed by atoms with van der Waals surface area (Å²) in [6, 6.07) is 9.47. The number of primary amides is 2. The molecule has 0 aliphatic carbocycles. The number of nitrogens with zero attached hydrogens (tertiary/aromatic N) is 6. The zero-order chi connectivity index (χ0) is 26.6. The number of benzene rings is 1. The van der Waals surface area contributed by atoms with E-state index in [4.69, 9.17) is 11.5 Å². The van der Waals surface area contributed by atoms with Gasteiger partial charge in [0.25, 0.3) is 5.91 Å². The van der Waals surface area contributed by atoms with Gasteiger partial charge in [-0.3, -0.25) is 9.78 Å².